The molecule has 0 spiro atoms. The van der Waals surface area contributed by atoms with Crippen molar-refractivity contribution in [3.8, 4) is 0 Å². The first-order valence-electron chi connectivity index (χ1n) is 8.89. The van der Waals surface area contributed by atoms with Gasteiger partial charge in [-0.1, -0.05) is 42.5 Å². The van der Waals surface area contributed by atoms with Gasteiger partial charge in [0.2, 0.25) is 0 Å². The summed E-state index contributed by atoms with van der Waals surface area (Å²) in [5.41, 5.74) is 3.15. The molecule has 0 atom stereocenters. The first-order chi connectivity index (χ1) is 12.6. The monoisotopic (exact) mass is 352 g/mol. The predicted molar refractivity (Wildman–Crippen MR) is 108 cm³/mol. The molecule has 2 aromatic rings. The van der Waals surface area contributed by atoms with E-state index in [1.807, 2.05) is 30.3 Å². The van der Waals surface area contributed by atoms with Crippen LogP contribution in [0.2, 0.25) is 0 Å². The molecule has 0 unspecified atom stereocenters. The van der Waals surface area contributed by atoms with Crippen molar-refractivity contribution in [2.75, 3.05) is 34.2 Å². The van der Waals surface area contributed by atoms with Gasteiger partial charge in [0, 0.05) is 39.8 Å². The molecular weight excluding hydrogens is 324 g/mol. The average Bonchev–Trinajstić information content (AvgIpc) is 2.67. The fraction of sp³-hybridized carbons (Fsp3) is 0.333. The second kappa shape index (κ2) is 10.2. The Morgan fingerprint density at radius 3 is 2.15 bits per heavy atom. The number of amides is 1. The number of hydrogen-bond acceptors (Lipinski definition) is 2. The molecule has 138 valence electrons. The molecule has 2 aromatic carbocycles. The maximum atomic E-state index is 12.0. The zero-order valence-electron chi connectivity index (χ0n) is 15.8. The van der Waals surface area contributed by atoms with Crippen molar-refractivity contribution >= 4 is 11.9 Å². The summed E-state index contributed by atoms with van der Waals surface area (Å²) in [7, 11) is 5.30. The zero-order valence-corrected chi connectivity index (χ0v) is 15.8. The van der Waals surface area contributed by atoms with E-state index in [1.165, 1.54) is 5.56 Å². The van der Waals surface area contributed by atoms with Crippen LogP contribution in [-0.4, -0.2) is 51.0 Å². The SMILES string of the molecule is CN=C(NCCc1ccccc1)NCCc1cccc(C(=O)N(C)C)c1. The molecule has 0 aromatic heterocycles. The molecule has 0 fully saturated rings. The fourth-order valence-electron chi connectivity index (χ4n) is 2.63. The second-order valence-electron chi connectivity index (χ2n) is 6.31. The quantitative estimate of drug-likeness (QED) is 0.594. The maximum absolute atomic E-state index is 12.0. The lowest BCUT2D eigenvalue weighted by atomic mass is 10.1. The van der Waals surface area contributed by atoms with E-state index in [1.54, 1.807) is 26.0 Å². The van der Waals surface area contributed by atoms with Crippen LogP contribution >= 0.6 is 0 Å². The molecule has 26 heavy (non-hydrogen) atoms. The molecule has 0 radical (unpaired) electrons. The minimum Gasteiger partial charge on any atom is -0.356 e. The van der Waals surface area contributed by atoms with Crippen LogP contribution in [0.1, 0.15) is 21.5 Å². The Hall–Kier alpha value is -2.82. The Kier molecular flexibility index (Phi) is 7.68. The topological polar surface area (TPSA) is 56.7 Å². The normalized spacial score (nSPS) is 11.1. The van der Waals surface area contributed by atoms with Gasteiger partial charge in [0.25, 0.3) is 5.91 Å². The summed E-state index contributed by atoms with van der Waals surface area (Å²) in [6, 6.07) is 18.2. The van der Waals surface area contributed by atoms with E-state index < -0.39 is 0 Å². The summed E-state index contributed by atoms with van der Waals surface area (Å²) in [4.78, 5) is 17.9. The van der Waals surface area contributed by atoms with Crippen LogP contribution in [0.5, 0.6) is 0 Å². The standard InChI is InChI=1S/C21H28N4O/c1-22-21(23-14-12-17-8-5-4-6-9-17)24-15-13-18-10-7-11-19(16-18)20(26)25(2)3/h4-11,16H,12-15H2,1-3H3,(H2,22,23,24). The van der Waals surface area contributed by atoms with Crippen LogP contribution in [0.25, 0.3) is 0 Å². The highest BCUT2D eigenvalue weighted by atomic mass is 16.2. The van der Waals surface area contributed by atoms with Gasteiger partial charge in [0.05, 0.1) is 0 Å². The summed E-state index contributed by atoms with van der Waals surface area (Å²) < 4.78 is 0. The van der Waals surface area contributed by atoms with Crippen LogP contribution in [0.15, 0.2) is 59.6 Å². The summed E-state index contributed by atoms with van der Waals surface area (Å²) >= 11 is 0. The second-order valence-corrected chi connectivity index (χ2v) is 6.31. The van der Waals surface area contributed by atoms with Gasteiger partial charge in [-0.3, -0.25) is 9.79 Å². The van der Waals surface area contributed by atoms with Crippen molar-refractivity contribution in [2.24, 2.45) is 4.99 Å². The Labute approximate surface area is 156 Å². The van der Waals surface area contributed by atoms with Crippen LogP contribution in [0, 0.1) is 0 Å². The number of guanidine groups is 1. The molecule has 0 bridgehead atoms. The third kappa shape index (κ3) is 6.24. The Balaban J connectivity index is 1.77. The van der Waals surface area contributed by atoms with Crippen LogP contribution < -0.4 is 10.6 Å². The lowest BCUT2D eigenvalue weighted by Crippen LogP contribution is -2.39. The van der Waals surface area contributed by atoms with Crippen LogP contribution in [0.4, 0.5) is 0 Å². The van der Waals surface area contributed by atoms with E-state index in [0.717, 1.165) is 43.0 Å². The van der Waals surface area contributed by atoms with Gasteiger partial charge in [0.15, 0.2) is 5.96 Å². The largest absolute Gasteiger partial charge is 0.356 e. The Morgan fingerprint density at radius 1 is 0.923 bits per heavy atom. The van der Waals surface area contributed by atoms with E-state index in [0.29, 0.717) is 0 Å². The van der Waals surface area contributed by atoms with Crippen molar-refractivity contribution in [3.63, 3.8) is 0 Å². The van der Waals surface area contributed by atoms with Crippen molar-refractivity contribution in [1.29, 1.82) is 0 Å². The van der Waals surface area contributed by atoms with Gasteiger partial charge >= 0.3 is 0 Å². The third-order valence-corrected chi connectivity index (χ3v) is 4.06. The zero-order chi connectivity index (χ0) is 18.8. The molecule has 2 rings (SSSR count). The molecule has 0 aliphatic rings. The van der Waals surface area contributed by atoms with Crippen molar-refractivity contribution < 1.29 is 4.79 Å². The third-order valence-electron chi connectivity index (χ3n) is 4.06. The fourth-order valence-corrected chi connectivity index (χ4v) is 2.63. The summed E-state index contributed by atoms with van der Waals surface area (Å²) in [5.74, 6) is 0.819. The summed E-state index contributed by atoms with van der Waals surface area (Å²) in [5, 5.41) is 6.65. The molecule has 1 amide bonds. The summed E-state index contributed by atoms with van der Waals surface area (Å²) in [6.45, 7) is 1.58. The highest BCUT2D eigenvalue weighted by Gasteiger charge is 2.08. The molecule has 2 N–H and O–H groups in total. The predicted octanol–water partition coefficient (Wildman–Crippen LogP) is 2.34. The van der Waals surface area contributed by atoms with E-state index in [-0.39, 0.29) is 5.91 Å². The van der Waals surface area contributed by atoms with Crippen molar-refractivity contribution in [1.82, 2.24) is 15.5 Å². The van der Waals surface area contributed by atoms with Crippen molar-refractivity contribution in [2.45, 2.75) is 12.8 Å². The van der Waals surface area contributed by atoms with Gasteiger partial charge in [-0.05, 0) is 36.1 Å². The smallest absolute Gasteiger partial charge is 0.253 e. The van der Waals surface area contributed by atoms with Gasteiger partial charge in [-0.25, -0.2) is 0 Å². The van der Waals surface area contributed by atoms with E-state index >= 15 is 0 Å². The van der Waals surface area contributed by atoms with E-state index in [9.17, 15) is 4.79 Å². The van der Waals surface area contributed by atoms with Gasteiger partial charge in [-0.15, -0.1) is 0 Å². The number of aliphatic imine (C=N–C) groups is 1. The van der Waals surface area contributed by atoms with Gasteiger partial charge in [-0.2, -0.15) is 0 Å². The first kappa shape index (κ1) is 19.5. The number of carbonyl (C=O) groups excluding carboxylic acids is 1. The van der Waals surface area contributed by atoms with Crippen LogP contribution in [0.3, 0.4) is 0 Å². The van der Waals surface area contributed by atoms with Crippen molar-refractivity contribution in [3.05, 3.63) is 71.3 Å². The molecule has 5 nitrogen and oxygen atoms in total. The number of benzene rings is 2. The number of nitrogens with zero attached hydrogens (tertiary/aromatic N) is 2. The molecular formula is C21H28N4O. The lowest BCUT2D eigenvalue weighted by Gasteiger charge is -2.13. The number of nitrogens with one attached hydrogen (secondary N) is 2. The Bertz CT molecular complexity index is 726. The van der Waals surface area contributed by atoms with Gasteiger partial charge in [0.1, 0.15) is 0 Å². The van der Waals surface area contributed by atoms with Gasteiger partial charge < -0.3 is 15.5 Å². The van der Waals surface area contributed by atoms with Crippen LogP contribution in [-0.2, 0) is 12.8 Å². The molecule has 0 saturated heterocycles. The van der Waals surface area contributed by atoms with E-state index in [2.05, 4.69) is 39.9 Å². The number of carbonyl (C=O) groups is 1. The average molecular weight is 352 g/mol. The number of rotatable bonds is 7. The molecule has 5 heteroatoms. The first-order valence-corrected chi connectivity index (χ1v) is 8.89. The number of hydrogen-bond donors (Lipinski definition) is 2. The highest BCUT2D eigenvalue weighted by molar-refractivity contribution is 5.94. The highest BCUT2D eigenvalue weighted by Crippen LogP contribution is 2.07. The lowest BCUT2D eigenvalue weighted by molar-refractivity contribution is 0.0827. The minimum atomic E-state index is 0.0261. The molecule has 0 saturated carbocycles. The Morgan fingerprint density at radius 2 is 1.54 bits per heavy atom. The molecule has 0 aliphatic heterocycles. The maximum Gasteiger partial charge on any atom is 0.253 e. The molecule has 0 aliphatic carbocycles. The summed E-state index contributed by atoms with van der Waals surface area (Å²) in [6.07, 6.45) is 1.78. The minimum absolute atomic E-state index is 0.0261. The van der Waals surface area contributed by atoms with E-state index in [4.69, 9.17) is 0 Å². The molecule has 0 heterocycles.